The minimum atomic E-state index is -0.905. The summed E-state index contributed by atoms with van der Waals surface area (Å²) < 4.78 is 9.97. The van der Waals surface area contributed by atoms with Gasteiger partial charge in [-0.25, -0.2) is 0 Å². The molecule has 0 saturated carbocycles. The molecule has 8 nitrogen and oxygen atoms in total. The highest BCUT2D eigenvalue weighted by Crippen LogP contribution is 2.13. The van der Waals surface area contributed by atoms with Crippen molar-refractivity contribution in [2.45, 2.75) is 32.8 Å². The van der Waals surface area contributed by atoms with Crippen LogP contribution in [0.1, 0.15) is 31.1 Å². The van der Waals surface area contributed by atoms with Gasteiger partial charge < -0.3 is 19.9 Å². The Labute approximate surface area is 173 Å². The highest BCUT2D eigenvalue weighted by molar-refractivity contribution is 8.00. The number of benzene rings is 1. The number of carbonyl (C=O) groups is 3. The molecule has 0 aliphatic carbocycles. The molecule has 9 heteroatoms. The van der Waals surface area contributed by atoms with Crippen molar-refractivity contribution in [1.29, 1.82) is 0 Å². The van der Waals surface area contributed by atoms with Crippen molar-refractivity contribution in [1.82, 2.24) is 10.5 Å². The number of nitrogens with one attached hydrogen (secondary N) is 2. The quantitative estimate of drug-likeness (QED) is 0.569. The van der Waals surface area contributed by atoms with Crippen LogP contribution in [0.5, 0.6) is 0 Å². The van der Waals surface area contributed by atoms with E-state index in [0.29, 0.717) is 18.1 Å². The van der Waals surface area contributed by atoms with Gasteiger partial charge in [0.2, 0.25) is 5.91 Å². The van der Waals surface area contributed by atoms with E-state index in [1.807, 2.05) is 37.3 Å². The fourth-order valence-corrected chi connectivity index (χ4v) is 3.01. The minimum absolute atomic E-state index is 0.0384. The van der Waals surface area contributed by atoms with Crippen LogP contribution in [0.4, 0.5) is 5.82 Å². The highest BCUT2D eigenvalue weighted by atomic mass is 32.2. The third-order valence-corrected chi connectivity index (χ3v) is 4.88. The number of ether oxygens (including phenoxy) is 1. The molecule has 2 aromatic rings. The van der Waals surface area contributed by atoms with Crippen LogP contribution in [0.3, 0.4) is 0 Å². The number of aromatic nitrogens is 1. The molecule has 2 N–H and O–H groups in total. The van der Waals surface area contributed by atoms with Crippen molar-refractivity contribution in [3.63, 3.8) is 0 Å². The van der Waals surface area contributed by atoms with E-state index in [0.717, 1.165) is 17.3 Å². The van der Waals surface area contributed by atoms with Crippen LogP contribution in [0, 0.1) is 6.92 Å². The first-order valence-corrected chi connectivity index (χ1v) is 10.3. The van der Waals surface area contributed by atoms with Gasteiger partial charge in [0.15, 0.2) is 11.9 Å². The summed E-state index contributed by atoms with van der Waals surface area (Å²) in [7, 11) is 0. The van der Waals surface area contributed by atoms with E-state index in [9.17, 15) is 14.4 Å². The summed E-state index contributed by atoms with van der Waals surface area (Å²) in [5, 5.41) is 9.00. The third kappa shape index (κ3) is 7.98. The molecule has 0 saturated heterocycles. The van der Waals surface area contributed by atoms with Crippen molar-refractivity contribution in [2.75, 3.05) is 23.4 Å². The maximum atomic E-state index is 12.1. The van der Waals surface area contributed by atoms with Crippen LogP contribution in [-0.2, 0) is 19.1 Å². The SMILES string of the molecule is Cc1cc(NC(=O)CSCC(=O)O[C@H](C)C(=O)NC[C@H](C)c2ccccc2)no1. The first kappa shape index (κ1) is 22.5. The van der Waals surface area contributed by atoms with Gasteiger partial charge in [-0.15, -0.1) is 11.8 Å². The van der Waals surface area contributed by atoms with Crippen molar-refractivity contribution in [2.24, 2.45) is 0 Å². The number of hydrogen-bond donors (Lipinski definition) is 2. The number of carbonyl (C=O) groups excluding carboxylic acids is 3. The maximum Gasteiger partial charge on any atom is 0.316 e. The summed E-state index contributed by atoms with van der Waals surface area (Å²) in [5.41, 5.74) is 1.12. The Morgan fingerprint density at radius 1 is 1.17 bits per heavy atom. The van der Waals surface area contributed by atoms with E-state index in [-0.39, 0.29) is 29.2 Å². The molecule has 0 fully saturated rings. The number of aryl methyl sites for hydroxylation is 1. The predicted molar refractivity (Wildman–Crippen MR) is 111 cm³/mol. The molecular weight excluding hydrogens is 394 g/mol. The fourth-order valence-electron chi connectivity index (χ4n) is 2.41. The molecule has 0 unspecified atom stereocenters. The average molecular weight is 420 g/mol. The van der Waals surface area contributed by atoms with Crippen LogP contribution in [0.15, 0.2) is 40.9 Å². The first-order valence-electron chi connectivity index (χ1n) is 9.18. The van der Waals surface area contributed by atoms with E-state index in [4.69, 9.17) is 9.26 Å². The molecule has 2 atom stereocenters. The van der Waals surface area contributed by atoms with Crippen LogP contribution < -0.4 is 10.6 Å². The second kappa shape index (κ2) is 11.3. The molecule has 156 valence electrons. The van der Waals surface area contributed by atoms with Crippen molar-refractivity contribution < 1.29 is 23.6 Å². The summed E-state index contributed by atoms with van der Waals surface area (Å²) in [6, 6.07) is 11.4. The van der Waals surface area contributed by atoms with Crippen molar-refractivity contribution in [3.05, 3.63) is 47.7 Å². The third-order valence-electron chi connectivity index (χ3n) is 3.98. The number of amides is 2. The van der Waals surface area contributed by atoms with E-state index < -0.39 is 12.1 Å². The number of anilines is 1. The Balaban J connectivity index is 1.63. The molecule has 2 rings (SSSR count). The van der Waals surface area contributed by atoms with Crippen LogP contribution >= 0.6 is 11.8 Å². The zero-order valence-corrected chi connectivity index (χ0v) is 17.5. The Hall–Kier alpha value is -2.81. The van der Waals surface area contributed by atoms with Gasteiger partial charge in [0, 0.05) is 12.6 Å². The van der Waals surface area contributed by atoms with Gasteiger partial charge in [0.05, 0.1) is 11.5 Å². The molecule has 0 radical (unpaired) electrons. The van der Waals surface area contributed by atoms with E-state index >= 15 is 0 Å². The number of thioether (sulfide) groups is 1. The smallest absolute Gasteiger partial charge is 0.316 e. The molecular formula is C20H25N3O5S. The van der Waals surface area contributed by atoms with Crippen molar-refractivity contribution >= 4 is 35.4 Å². The van der Waals surface area contributed by atoms with Gasteiger partial charge in [-0.1, -0.05) is 42.4 Å². The second-order valence-corrected chi connectivity index (χ2v) is 7.54. The summed E-state index contributed by atoms with van der Waals surface area (Å²) in [6.45, 7) is 5.69. The summed E-state index contributed by atoms with van der Waals surface area (Å²) >= 11 is 1.09. The van der Waals surface area contributed by atoms with E-state index in [1.54, 1.807) is 13.0 Å². The Morgan fingerprint density at radius 2 is 1.90 bits per heavy atom. The number of nitrogens with zero attached hydrogens (tertiary/aromatic N) is 1. The molecule has 0 bridgehead atoms. The molecule has 1 aromatic heterocycles. The largest absolute Gasteiger partial charge is 0.452 e. The lowest BCUT2D eigenvalue weighted by molar-refractivity contribution is -0.152. The topological polar surface area (TPSA) is 111 Å². The van der Waals surface area contributed by atoms with E-state index in [1.165, 1.54) is 6.92 Å². The summed E-state index contributed by atoms with van der Waals surface area (Å²) in [5.74, 6) is -0.154. The van der Waals surface area contributed by atoms with Crippen LogP contribution in [-0.4, -0.2) is 47.1 Å². The fraction of sp³-hybridized carbons (Fsp3) is 0.400. The zero-order chi connectivity index (χ0) is 21.2. The molecule has 0 spiro atoms. The van der Waals surface area contributed by atoms with Crippen LogP contribution in [0.25, 0.3) is 0 Å². The van der Waals surface area contributed by atoms with E-state index in [2.05, 4.69) is 15.8 Å². The van der Waals surface area contributed by atoms with Gasteiger partial charge >= 0.3 is 5.97 Å². The molecule has 1 heterocycles. The summed E-state index contributed by atoms with van der Waals surface area (Å²) in [4.78, 5) is 35.8. The standard InChI is InChI=1S/C20H25N3O5S/c1-13(16-7-5-4-6-8-16)10-21-20(26)15(3)27-19(25)12-29-11-18(24)22-17-9-14(2)28-23-17/h4-9,13,15H,10-12H2,1-3H3,(H,21,26)(H,22,23,24)/t13-,15+/m0/s1. The number of hydrogen-bond acceptors (Lipinski definition) is 7. The average Bonchev–Trinajstić information content (AvgIpc) is 3.10. The van der Waals surface area contributed by atoms with Gasteiger partial charge in [0.1, 0.15) is 5.76 Å². The lowest BCUT2D eigenvalue weighted by Crippen LogP contribution is -2.38. The minimum Gasteiger partial charge on any atom is -0.452 e. The Morgan fingerprint density at radius 3 is 2.55 bits per heavy atom. The number of esters is 1. The molecule has 29 heavy (non-hydrogen) atoms. The van der Waals surface area contributed by atoms with Crippen molar-refractivity contribution in [3.8, 4) is 0 Å². The first-order chi connectivity index (χ1) is 13.8. The Bertz CT molecular complexity index is 825. The molecule has 0 aliphatic rings. The monoisotopic (exact) mass is 419 g/mol. The lowest BCUT2D eigenvalue weighted by Gasteiger charge is -2.16. The van der Waals surface area contributed by atoms with Gasteiger partial charge in [-0.3, -0.25) is 14.4 Å². The van der Waals surface area contributed by atoms with Gasteiger partial charge in [0.25, 0.3) is 5.91 Å². The molecule has 2 amide bonds. The van der Waals surface area contributed by atoms with Gasteiger partial charge in [-0.05, 0) is 25.3 Å². The van der Waals surface area contributed by atoms with Crippen LogP contribution in [0.2, 0.25) is 0 Å². The predicted octanol–water partition coefficient (Wildman–Crippen LogP) is 2.51. The maximum absolute atomic E-state index is 12.1. The second-order valence-electron chi connectivity index (χ2n) is 6.55. The lowest BCUT2D eigenvalue weighted by atomic mass is 10.0. The normalized spacial score (nSPS) is 12.7. The molecule has 1 aromatic carbocycles. The van der Waals surface area contributed by atoms with Gasteiger partial charge in [-0.2, -0.15) is 0 Å². The zero-order valence-electron chi connectivity index (χ0n) is 16.6. The Kier molecular flexibility index (Phi) is 8.72. The summed E-state index contributed by atoms with van der Waals surface area (Å²) in [6.07, 6.45) is -0.905. The molecule has 0 aliphatic heterocycles. The highest BCUT2D eigenvalue weighted by Gasteiger charge is 2.19. The number of rotatable bonds is 10.